The molecule has 0 saturated carbocycles. The van der Waals surface area contributed by atoms with Crippen molar-refractivity contribution in [3.05, 3.63) is 53.6 Å². The number of methoxy groups -OCH3 is 2. The Morgan fingerprint density at radius 1 is 1.00 bits per heavy atom. The number of Topliss-reactive ketones (excluding diaryl/α,β-unsaturated/α-hetero) is 1. The molecule has 7 nitrogen and oxygen atoms in total. The molecule has 0 fully saturated rings. The average molecular weight is 386 g/mol. The summed E-state index contributed by atoms with van der Waals surface area (Å²) < 4.78 is 9.96. The number of aliphatic hydroxyl groups excluding tert-OH is 1. The molecule has 0 aromatic heterocycles. The molecule has 1 atom stereocenters. The first kappa shape index (κ1) is 21.0. The fraction of sp³-hybridized carbons (Fsp3) is 0.238. The van der Waals surface area contributed by atoms with E-state index in [1.165, 1.54) is 50.6 Å². The highest BCUT2D eigenvalue weighted by Crippen LogP contribution is 2.30. The molecule has 0 radical (unpaired) electrons. The normalized spacial score (nSPS) is 12.0. The molecule has 0 aliphatic heterocycles. The number of ether oxygens (including phenoxy) is 2. The number of rotatable bonds is 9. The summed E-state index contributed by atoms with van der Waals surface area (Å²) >= 11 is 0. The maximum atomic E-state index is 12.1. The Labute approximate surface area is 162 Å². The lowest BCUT2D eigenvalue weighted by atomic mass is 10.0. The second kappa shape index (κ2) is 9.57. The van der Waals surface area contributed by atoms with Crippen molar-refractivity contribution in [3.63, 3.8) is 0 Å². The van der Waals surface area contributed by atoms with Crippen molar-refractivity contribution in [3.8, 4) is 23.0 Å². The van der Waals surface area contributed by atoms with Crippen LogP contribution in [0.4, 0.5) is 0 Å². The van der Waals surface area contributed by atoms with Crippen LogP contribution >= 0.6 is 0 Å². The van der Waals surface area contributed by atoms with Gasteiger partial charge in [-0.15, -0.1) is 0 Å². The van der Waals surface area contributed by atoms with Gasteiger partial charge in [0.05, 0.1) is 26.7 Å². The predicted octanol–water partition coefficient (Wildman–Crippen LogP) is 2.78. The highest BCUT2D eigenvalue weighted by atomic mass is 16.5. The molecule has 0 saturated heterocycles. The van der Waals surface area contributed by atoms with Crippen molar-refractivity contribution in [2.45, 2.75) is 18.9 Å². The lowest BCUT2D eigenvalue weighted by Gasteiger charge is -2.12. The third-order valence-electron chi connectivity index (χ3n) is 4.05. The van der Waals surface area contributed by atoms with Gasteiger partial charge in [-0.3, -0.25) is 9.59 Å². The largest absolute Gasteiger partial charge is 0.504 e. The Balaban J connectivity index is 1.94. The SMILES string of the molecule is COc1cc(C=CC(=O)CC(=O)C[C@H](O)c2ccc(O)c(OC)c2)ccc1O. The molecule has 0 spiro atoms. The van der Waals surface area contributed by atoms with Gasteiger partial charge in [-0.05, 0) is 41.5 Å². The van der Waals surface area contributed by atoms with Gasteiger partial charge in [0.15, 0.2) is 28.8 Å². The lowest BCUT2D eigenvalue weighted by Crippen LogP contribution is -2.10. The van der Waals surface area contributed by atoms with Crippen molar-refractivity contribution in [2.75, 3.05) is 14.2 Å². The molecule has 7 heteroatoms. The number of allylic oxidation sites excluding steroid dienone is 1. The van der Waals surface area contributed by atoms with E-state index in [-0.39, 0.29) is 35.8 Å². The number of hydrogen-bond acceptors (Lipinski definition) is 7. The van der Waals surface area contributed by atoms with Crippen LogP contribution in [0.2, 0.25) is 0 Å². The highest BCUT2D eigenvalue weighted by molar-refractivity contribution is 6.06. The number of carbonyl (C=O) groups excluding carboxylic acids is 2. The highest BCUT2D eigenvalue weighted by Gasteiger charge is 2.16. The molecule has 2 aromatic carbocycles. The molecule has 0 bridgehead atoms. The number of ketones is 2. The van der Waals surface area contributed by atoms with Crippen LogP contribution in [-0.2, 0) is 9.59 Å². The first-order valence-corrected chi connectivity index (χ1v) is 8.48. The summed E-state index contributed by atoms with van der Waals surface area (Å²) in [4.78, 5) is 24.1. The topological polar surface area (TPSA) is 113 Å². The van der Waals surface area contributed by atoms with E-state index in [9.17, 15) is 24.9 Å². The third-order valence-corrected chi connectivity index (χ3v) is 4.05. The van der Waals surface area contributed by atoms with E-state index in [1.54, 1.807) is 12.1 Å². The Morgan fingerprint density at radius 2 is 1.61 bits per heavy atom. The van der Waals surface area contributed by atoms with Gasteiger partial charge >= 0.3 is 0 Å². The van der Waals surface area contributed by atoms with Crippen LogP contribution in [0.25, 0.3) is 6.08 Å². The molecule has 0 heterocycles. The van der Waals surface area contributed by atoms with Gasteiger partial charge in [0.25, 0.3) is 0 Å². The van der Waals surface area contributed by atoms with Gasteiger partial charge in [-0.25, -0.2) is 0 Å². The summed E-state index contributed by atoms with van der Waals surface area (Å²) in [5.74, 6) is -0.451. The minimum absolute atomic E-state index is 0.0130. The number of aliphatic hydroxyl groups is 1. The summed E-state index contributed by atoms with van der Waals surface area (Å²) in [7, 11) is 2.80. The molecule has 2 aromatic rings. The van der Waals surface area contributed by atoms with Crippen molar-refractivity contribution in [2.24, 2.45) is 0 Å². The number of phenols is 2. The number of aromatic hydroxyl groups is 2. The number of phenolic OH excluding ortho intramolecular Hbond substituents is 2. The monoisotopic (exact) mass is 386 g/mol. The van der Waals surface area contributed by atoms with E-state index in [0.717, 1.165) is 0 Å². The van der Waals surface area contributed by atoms with E-state index in [4.69, 9.17) is 9.47 Å². The number of benzene rings is 2. The first-order chi connectivity index (χ1) is 13.3. The zero-order valence-electron chi connectivity index (χ0n) is 15.6. The summed E-state index contributed by atoms with van der Waals surface area (Å²) in [5, 5.41) is 29.3. The standard InChI is InChI=1S/C21H22O7/c1-27-20-9-13(4-7-17(20)24)3-6-15(22)11-16(23)12-19(26)14-5-8-18(25)21(10-14)28-2/h3-10,19,24-26H,11-12H2,1-2H3/t19-/m0/s1. The van der Waals surface area contributed by atoms with Gasteiger partial charge in [-0.1, -0.05) is 18.2 Å². The first-order valence-electron chi connectivity index (χ1n) is 8.48. The fourth-order valence-corrected chi connectivity index (χ4v) is 2.55. The van der Waals surface area contributed by atoms with Crippen LogP contribution in [-0.4, -0.2) is 41.1 Å². The molecule has 0 aliphatic carbocycles. The molecule has 28 heavy (non-hydrogen) atoms. The Hall–Kier alpha value is -3.32. The zero-order chi connectivity index (χ0) is 20.7. The van der Waals surface area contributed by atoms with E-state index < -0.39 is 17.7 Å². The minimum atomic E-state index is -1.11. The van der Waals surface area contributed by atoms with Gasteiger partial charge in [0, 0.05) is 6.42 Å². The van der Waals surface area contributed by atoms with Crippen molar-refractivity contribution < 1.29 is 34.4 Å². The minimum Gasteiger partial charge on any atom is -0.504 e. The molecule has 3 N–H and O–H groups in total. The van der Waals surface area contributed by atoms with Crippen LogP contribution in [0.1, 0.15) is 30.1 Å². The van der Waals surface area contributed by atoms with Crippen molar-refractivity contribution in [1.29, 1.82) is 0 Å². The van der Waals surface area contributed by atoms with Crippen LogP contribution in [0.3, 0.4) is 0 Å². The van der Waals surface area contributed by atoms with Gasteiger partial charge in [0.1, 0.15) is 5.78 Å². The van der Waals surface area contributed by atoms with Crippen LogP contribution in [0, 0.1) is 0 Å². The zero-order valence-corrected chi connectivity index (χ0v) is 15.6. The van der Waals surface area contributed by atoms with Gasteiger partial charge < -0.3 is 24.8 Å². The fourth-order valence-electron chi connectivity index (χ4n) is 2.55. The molecular formula is C21H22O7. The van der Waals surface area contributed by atoms with Crippen molar-refractivity contribution in [1.82, 2.24) is 0 Å². The molecular weight excluding hydrogens is 364 g/mol. The summed E-state index contributed by atoms with van der Waals surface area (Å²) in [5.41, 5.74) is 1.04. The Kier molecular flexibility index (Phi) is 7.17. The second-order valence-electron chi connectivity index (χ2n) is 6.10. The summed E-state index contributed by atoms with van der Waals surface area (Å²) in [6.07, 6.45) is 1.08. The molecule has 0 unspecified atom stereocenters. The molecule has 2 rings (SSSR count). The smallest absolute Gasteiger partial charge is 0.163 e. The number of hydrogen-bond donors (Lipinski definition) is 3. The van der Waals surface area contributed by atoms with E-state index in [0.29, 0.717) is 11.1 Å². The third kappa shape index (κ3) is 5.59. The van der Waals surface area contributed by atoms with Crippen molar-refractivity contribution >= 4 is 17.6 Å². The van der Waals surface area contributed by atoms with Gasteiger partial charge in [0.2, 0.25) is 0 Å². The van der Waals surface area contributed by atoms with E-state index >= 15 is 0 Å². The molecule has 0 amide bonds. The van der Waals surface area contributed by atoms with E-state index in [1.807, 2.05) is 0 Å². The molecule has 148 valence electrons. The number of carbonyl (C=O) groups is 2. The van der Waals surface area contributed by atoms with Gasteiger partial charge in [-0.2, -0.15) is 0 Å². The van der Waals surface area contributed by atoms with Crippen LogP contribution in [0.5, 0.6) is 23.0 Å². The second-order valence-corrected chi connectivity index (χ2v) is 6.10. The van der Waals surface area contributed by atoms with Crippen LogP contribution in [0.15, 0.2) is 42.5 Å². The quantitative estimate of drug-likeness (QED) is 0.448. The maximum Gasteiger partial charge on any atom is 0.163 e. The van der Waals surface area contributed by atoms with Crippen LogP contribution < -0.4 is 9.47 Å². The maximum absolute atomic E-state index is 12.1. The Morgan fingerprint density at radius 3 is 2.25 bits per heavy atom. The summed E-state index contributed by atoms with van der Waals surface area (Å²) in [6.45, 7) is 0. The molecule has 0 aliphatic rings. The van der Waals surface area contributed by atoms with E-state index in [2.05, 4.69) is 0 Å². The lowest BCUT2D eigenvalue weighted by molar-refractivity contribution is -0.126. The average Bonchev–Trinajstić information content (AvgIpc) is 2.67. The summed E-state index contributed by atoms with van der Waals surface area (Å²) in [6, 6.07) is 8.88. The Bertz CT molecular complexity index is 886. The predicted molar refractivity (Wildman–Crippen MR) is 103 cm³/mol.